The van der Waals surface area contributed by atoms with Gasteiger partial charge in [-0.15, -0.1) is 0 Å². The average Bonchev–Trinajstić information content (AvgIpc) is 2.31. The third-order valence-corrected chi connectivity index (χ3v) is 2.37. The highest BCUT2D eigenvalue weighted by Gasteiger charge is 1.96. The molecule has 0 amide bonds. The standard InChI is InChI=1S/C14H13O/c15-11-14-8-4-7-13(10-14)9-12-5-2-1-3-6-12/h2-8,10,15H,9,11H2. The summed E-state index contributed by atoms with van der Waals surface area (Å²) in [6.07, 6.45) is 0.905. The molecule has 0 spiro atoms. The van der Waals surface area contributed by atoms with Crippen molar-refractivity contribution in [1.29, 1.82) is 0 Å². The van der Waals surface area contributed by atoms with Crippen LogP contribution >= 0.6 is 0 Å². The Bertz CT molecular complexity index is 420. The second-order valence-electron chi connectivity index (χ2n) is 3.56. The summed E-state index contributed by atoms with van der Waals surface area (Å²) in [7, 11) is 0. The van der Waals surface area contributed by atoms with E-state index in [1.54, 1.807) is 0 Å². The minimum absolute atomic E-state index is 0.108. The molecule has 0 saturated heterocycles. The molecule has 2 aromatic rings. The molecule has 0 aliphatic carbocycles. The number of hydrogen-bond acceptors (Lipinski definition) is 1. The molecule has 15 heavy (non-hydrogen) atoms. The van der Waals surface area contributed by atoms with Gasteiger partial charge in [-0.1, -0.05) is 48.5 Å². The van der Waals surface area contributed by atoms with Gasteiger partial charge in [0.2, 0.25) is 0 Å². The van der Waals surface area contributed by atoms with Gasteiger partial charge in [0, 0.05) is 0 Å². The topological polar surface area (TPSA) is 20.2 Å². The van der Waals surface area contributed by atoms with Crippen LogP contribution in [-0.4, -0.2) is 5.11 Å². The first-order valence-electron chi connectivity index (χ1n) is 5.02. The molecule has 1 nitrogen and oxygen atoms in total. The Labute approximate surface area is 90.0 Å². The van der Waals surface area contributed by atoms with Gasteiger partial charge < -0.3 is 5.11 Å². The molecular weight excluding hydrogens is 184 g/mol. The quantitative estimate of drug-likeness (QED) is 0.801. The van der Waals surface area contributed by atoms with E-state index >= 15 is 0 Å². The number of aliphatic hydroxyl groups is 1. The van der Waals surface area contributed by atoms with E-state index in [0.717, 1.165) is 12.0 Å². The SMILES string of the molecule is OCc1cccc(Cc2cc[c]cc2)c1. The zero-order valence-corrected chi connectivity index (χ0v) is 8.48. The maximum absolute atomic E-state index is 9.02. The zero-order chi connectivity index (χ0) is 10.5. The summed E-state index contributed by atoms with van der Waals surface area (Å²) in [4.78, 5) is 0. The lowest BCUT2D eigenvalue weighted by Gasteiger charge is -2.03. The fraction of sp³-hybridized carbons (Fsp3) is 0.143. The first-order valence-corrected chi connectivity index (χ1v) is 5.02. The van der Waals surface area contributed by atoms with Crippen LogP contribution in [0.4, 0.5) is 0 Å². The van der Waals surface area contributed by atoms with Crippen LogP contribution in [0.15, 0.2) is 48.5 Å². The molecular formula is C14H13O. The van der Waals surface area contributed by atoms with Crippen molar-refractivity contribution >= 4 is 0 Å². The van der Waals surface area contributed by atoms with Crippen LogP contribution in [0.2, 0.25) is 0 Å². The molecule has 1 heteroatoms. The Kier molecular flexibility index (Phi) is 3.15. The zero-order valence-electron chi connectivity index (χ0n) is 8.48. The van der Waals surface area contributed by atoms with E-state index in [4.69, 9.17) is 5.11 Å². The Morgan fingerprint density at radius 2 is 1.67 bits per heavy atom. The van der Waals surface area contributed by atoms with Gasteiger partial charge in [0.15, 0.2) is 0 Å². The maximum atomic E-state index is 9.02. The van der Waals surface area contributed by atoms with Crippen LogP contribution in [0.5, 0.6) is 0 Å². The predicted molar refractivity (Wildman–Crippen MR) is 60.4 cm³/mol. The predicted octanol–water partition coefficient (Wildman–Crippen LogP) is 2.57. The van der Waals surface area contributed by atoms with E-state index in [2.05, 4.69) is 24.3 Å². The Hall–Kier alpha value is -1.60. The highest BCUT2D eigenvalue weighted by Crippen LogP contribution is 2.11. The lowest BCUT2D eigenvalue weighted by atomic mass is 10.0. The van der Waals surface area contributed by atoms with Crippen LogP contribution in [-0.2, 0) is 13.0 Å². The molecule has 2 aromatic carbocycles. The molecule has 1 N–H and O–H groups in total. The average molecular weight is 197 g/mol. The summed E-state index contributed by atoms with van der Waals surface area (Å²) in [6, 6.07) is 19.0. The number of hydrogen-bond donors (Lipinski definition) is 1. The van der Waals surface area contributed by atoms with Crippen molar-refractivity contribution in [2.75, 3.05) is 0 Å². The van der Waals surface area contributed by atoms with Gasteiger partial charge in [-0.25, -0.2) is 0 Å². The van der Waals surface area contributed by atoms with Crippen LogP contribution in [0.3, 0.4) is 0 Å². The van der Waals surface area contributed by atoms with Crippen molar-refractivity contribution < 1.29 is 5.11 Å². The first-order chi connectivity index (χ1) is 7.38. The van der Waals surface area contributed by atoms with Gasteiger partial charge >= 0.3 is 0 Å². The second kappa shape index (κ2) is 4.76. The monoisotopic (exact) mass is 197 g/mol. The Morgan fingerprint density at radius 3 is 2.40 bits per heavy atom. The van der Waals surface area contributed by atoms with Gasteiger partial charge in [-0.2, -0.15) is 0 Å². The lowest BCUT2D eigenvalue weighted by molar-refractivity contribution is 0.281. The first kappa shape index (κ1) is 9.94. The largest absolute Gasteiger partial charge is 0.392 e. The summed E-state index contributed by atoms with van der Waals surface area (Å²) in [6.45, 7) is 0.108. The van der Waals surface area contributed by atoms with Gasteiger partial charge in [0.25, 0.3) is 0 Å². The summed E-state index contributed by atoms with van der Waals surface area (Å²) in [5.41, 5.74) is 3.46. The fourth-order valence-corrected chi connectivity index (χ4v) is 1.61. The number of rotatable bonds is 3. The van der Waals surface area contributed by atoms with E-state index in [9.17, 15) is 0 Å². The molecule has 0 aliphatic rings. The van der Waals surface area contributed by atoms with Crippen molar-refractivity contribution in [2.45, 2.75) is 13.0 Å². The molecule has 75 valence electrons. The smallest absolute Gasteiger partial charge is 0.0681 e. The van der Waals surface area contributed by atoms with E-state index in [1.165, 1.54) is 11.1 Å². The highest BCUT2D eigenvalue weighted by molar-refractivity contribution is 5.28. The van der Waals surface area contributed by atoms with Gasteiger partial charge in [-0.3, -0.25) is 0 Å². The van der Waals surface area contributed by atoms with Crippen LogP contribution in [0.25, 0.3) is 0 Å². The third-order valence-electron chi connectivity index (χ3n) is 2.37. The fourth-order valence-electron chi connectivity index (χ4n) is 1.61. The third kappa shape index (κ3) is 2.67. The van der Waals surface area contributed by atoms with Crippen LogP contribution in [0.1, 0.15) is 16.7 Å². The molecule has 0 heterocycles. The molecule has 1 radical (unpaired) electrons. The highest BCUT2D eigenvalue weighted by atomic mass is 16.3. The molecule has 0 aromatic heterocycles. The Morgan fingerprint density at radius 1 is 0.933 bits per heavy atom. The van der Waals surface area contributed by atoms with Crippen molar-refractivity contribution in [1.82, 2.24) is 0 Å². The number of benzene rings is 2. The molecule has 0 saturated carbocycles. The van der Waals surface area contributed by atoms with E-state index in [-0.39, 0.29) is 6.61 Å². The van der Waals surface area contributed by atoms with Crippen molar-refractivity contribution in [3.8, 4) is 0 Å². The molecule has 0 bridgehead atoms. The van der Waals surface area contributed by atoms with Gasteiger partial charge in [0.05, 0.1) is 6.61 Å². The Balaban J connectivity index is 2.17. The molecule has 0 unspecified atom stereocenters. The molecule has 0 aliphatic heterocycles. The van der Waals surface area contributed by atoms with Crippen LogP contribution in [0, 0.1) is 6.07 Å². The molecule has 2 rings (SSSR count). The van der Waals surface area contributed by atoms with E-state index < -0.39 is 0 Å². The lowest BCUT2D eigenvalue weighted by Crippen LogP contribution is -1.90. The second-order valence-corrected chi connectivity index (χ2v) is 3.56. The van der Waals surface area contributed by atoms with Gasteiger partial charge in [-0.05, 0) is 29.2 Å². The summed E-state index contributed by atoms with van der Waals surface area (Å²) in [5.74, 6) is 0. The normalized spacial score (nSPS) is 10.2. The minimum Gasteiger partial charge on any atom is -0.392 e. The maximum Gasteiger partial charge on any atom is 0.0681 e. The summed E-state index contributed by atoms with van der Waals surface area (Å²) in [5, 5.41) is 9.02. The molecule has 0 fully saturated rings. The summed E-state index contributed by atoms with van der Waals surface area (Å²) >= 11 is 0. The van der Waals surface area contributed by atoms with Crippen molar-refractivity contribution in [3.63, 3.8) is 0 Å². The molecule has 0 atom stereocenters. The van der Waals surface area contributed by atoms with E-state index in [0.29, 0.717) is 0 Å². The van der Waals surface area contributed by atoms with Gasteiger partial charge in [0.1, 0.15) is 0 Å². The van der Waals surface area contributed by atoms with Crippen LogP contribution < -0.4 is 0 Å². The van der Waals surface area contributed by atoms with Crippen molar-refractivity contribution in [2.24, 2.45) is 0 Å². The number of aliphatic hydroxyl groups excluding tert-OH is 1. The van der Waals surface area contributed by atoms with E-state index in [1.807, 2.05) is 30.3 Å². The minimum atomic E-state index is 0.108. The van der Waals surface area contributed by atoms with Crippen molar-refractivity contribution in [3.05, 3.63) is 71.3 Å². The summed E-state index contributed by atoms with van der Waals surface area (Å²) < 4.78 is 0.